The standard InChI is InChI=1S/C25H26N4O3/c1-15-6-5-7-16(2)24(15)32-21-14-29(17-11-27(3)12-17)22(30)10-19(21)20-13-28(4)25(31)23-18(20)8-9-26-23/h5-10,13-14,17,26H,11-12H2,1-4H3. The molecule has 32 heavy (non-hydrogen) atoms. The van der Waals surface area contributed by atoms with Crippen molar-refractivity contribution in [2.24, 2.45) is 7.05 Å². The number of fused-ring (bicyclic) bond motifs is 1. The van der Waals surface area contributed by atoms with Crippen molar-refractivity contribution in [3.8, 4) is 22.6 Å². The number of aromatic amines is 1. The second-order valence-corrected chi connectivity index (χ2v) is 8.72. The SMILES string of the molecule is Cc1cccc(C)c1Oc1cn(C2CN(C)C2)c(=O)cc1-c1cn(C)c(=O)c2[nH]ccc12. The molecule has 1 aliphatic heterocycles. The Labute approximate surface area is 185 Å². The van der Waals surface area contributed by atoms with E-state index < -0.39 is 0 Å². The van der Waals surface area contributed by atoms with E-state index in [4.69, 9.17) is 4.74 Å². The number of aromatic nitrogens is 3. The number of pyridine rings is 2. The van der Waals surface area contributed by atoms with Crippen LogP contribution in [0.15, 0.2) is 58.5 Å². The van der Waals surface area contributed by atoms with Gasteiger partial charge in [0.05, 0.1) is 12.2 Å². The average Bonchev–Trinajstić information content (AvgIpc) is 3.22. The molecule has 0 unspecified atom stereocenters. The van der Waals surface area contributed by atoms with Gasteiger partial charge in [0.15, 0.2) is 5.75 Å². The molecule has 3 aromatic heterocycles. The summed E-state index contributed by atoms with van der Waals surface area (Å²) in [7, 11) is 3.75. The van der Waals surface area contributed by atoms with Crippen molar-refractivity contribution < 1.29 is 4.74 Å². The van der Waals surface area contributed by atoms with Gasteiger partial charge in [-0.1, -0.05) is 18.2 Å². The molecule has 0 bridgehead atoms. The van der Waals surface area contributed by atoms with Gasteiger partial charge in [-0.2, -0.15) is 0 Å². The highest BCUT2D eigenvalue weighted by atomic mass is 16.5. The monoisotopic (exact) mass is 430 g/mol. The van der Waals surface area contributed by atoms with Crippen LogP contribution in [0.4, 0.5) is 0 Å². The summed E-state index contributed by atoms with van der Waals surface area (Å²) in [5.74, 6) is 1.37. The van der Waals surface area contributed by atoms with Gasteiger partial charge in [0, 0.05) is 55.1 Å². The van der Waals surface area contributed by atoms with Crippen LogP contribution in [-0.2, 0) is 7.05 Å². The lowest BCUT2D eigenvalue weighted by atomic mass is 10.0. The Kier molecular flexibility index (Phi) is 4.78. The number of nitrogens with zero attached hydrogens (tertiary/aromatic N) is 3. The zero-order valence-electron chi connectivity index (χ0n) is 18.7. The summed E-state index contributed by atoms with van der Waals surface area (Å²) in [4.78, 5) is 30.9. The highest BCUT2D eigenvalue weighted by Gasteiger charge is 2.27. The predicted molar refractivity (Wildman–Crippen MR) is 126 cm³/mol. The first kappa shape index (κ1) is 20.3. The summed E-state index contributed by atoms with van der Waals surface area (Å²) in [6.07, 6.45) is 5.34. The molecule has 0 spiro atoms. The van der Waals surface area contributed by atoms with Crippen molar-refractivity contribution >= 4 is 10.9 Å². The number of benzene rings is 1. The first-order chi connectivity index (χ1) is 15.3. The Morgan fingerprint density at radius 3 is 2.41 bits per heavy atom. The molecule has 4 heterocycles. The molecule has 0 radical (unpaired) electrons. The minimum absolute atomic E-state index is 0.0792. The fraction of sp³-hybridized carbons (Fsp3) is 0.280. The number of aryl methyl sites for hydroxylation is 3. The van der Waals surface area contributed by atoms with Crippen LogP contribution in [0.3, 0.4) is 0 Å². The topological polar surface area (TPSA) is 72.3 Å². The third-order valence-electron chi connectivity index (χ3n) is 6.29. The number of ether oxygens (including phenoxy) is 1. The van der Waals surface area contributed by atoms with Gasteiger partial charge in [-0.25, -0.2) is 0 Å². The smallest absolute Gasteiger partial charge is 0.274 e. The Balaban J connectivity index is 1.75. The lowest BCUT2D eigenvalue weighted by molar-refractivity contribution is 0.137. The maximum atomic E-state index is 13.1. The zero-order chi connectivity index (χ0) is 22.6. The maximum absolute atomic E-state index is 13.1. The quantitative estimate of drug-likeness (QED) is 0.537. The van der Waals surface area contributed by atoms with E-state index in [1.807, 2.05) is 51.4 Å². The van der Waals surface area contributed by atoms with E-state index in [1.165, 1.54) is 4.57 Å². The Morgan fingerprint density at radius 1 is 1.00 bits per heavy atom. The molecule has 7 heteroatoms. The van der Waals surface area contributed by atoms with E-state index in [0.29, 0.717) is 16.8 Å². The van der Waals surface area contributed by atoms with Crippen molar-refractivity contribution in [1.82, 2.24) is 19.0 Å². The van der Waals surface area contributed by atoms with Crippen LogP contribution in [0.1, 0.15) is 17.2 Å². The zero-order valence-corrected chi connectivity index (χ0v) is 18.7. The minimum atomic E-state index is -0.114. The van der Waals surface area contributed by atoms with Crippen molar-refractivity contribution in [1.29, 1.82) is 0 Å². The molecule has 1 aromatic carbocycles. The van der Waals surface area contributed by atoms with Gasteiger partial charge >= 0.3 is 0 Å². The van der Waals surface area contributed by atoms with Gasteiger partial charge in [0.25, 0.3) is 11.1 Å². The van der Waals surface area contributed by atoms with Crippen LogP contribution < -0.4 is 15.9 Å². The number of likely N-dealkylation sites (tertiary alicyclic amines) is 1. The molecule has 0 aliphatic carbocycles. The predicted octanol–water partition coefficient (Wildman–Crippen LogP) is 3.59. The van der Waals surface area contributed by atoms with Crippen molar-refractivity contribution in [3.63, 3.8) is 0 Å². The summed E-state index contributed by atoms with van der Waals surface area (Å²) in [5, 5.41) is 0.764. The minimum Gasteiger partial charge on any atom is -0.455 e. The molecule has 1 saturated heterocycles. The van der Waals surface area contributed by atoms with E-state index in [9.17, 15) is 9.59 Å². The number of rotatable bonds is 4. The van der Waals surface area contributed by atoms with Crippen LogP contribution in [0.25, 0.3) is 22.0 Å². The maximum Gasteiger partial charge on any atom is 0.274 e. The van der Waals surface area contributed by atoms with Gasteiger partial charge in [0.2, 0.25) is 0 Å². The van der Waals surface area contributed by atoms with Gasteiger partial charge in [-0.15, -0.1) is 0 Å². The van der Waals surface area contributed by atoms with Crippen LogP contribution in [0.5, 0.6) is 11.5 Å². The molecule has 1 aliphatic rings. The van der Waals surface area contributed by atoms with E-state index in [1.54, 1.807) is 30.1 Å². The number of nitrogens with one attached hydrogen (secondary N) is 1. The third-order valence-corrected chi connectivity index (χ3v) is 6.29. The lowest BCUT2D eigenvalue weighted by Crippen LogP contribution is -2.47. The Hall–Kier alpha value is -3.58. The van der Waals surface area contributed by atoms with Gasteiger partial charge in [-0.3, -0.25) is 9.59 Å². The molecule has 0 amide bonds. The number of para-hydroxylation sites is 1. The first-order valence-corrected chi connectivity index (χ1v) is 10.7. The van der Waals surface area contributed by atoms with Gasteiger partial charge < -0.3 is 23.8 Å². The molecule has 1 fully saturated rings. The van der Waals surface area contributed by atoms with E-state index in [-0.39, 0.29) is 17.2 Å². The van der Waals surface area contributed by atoms with Gasteiger partial charge in [0.1, 0.15) is 11.3 Å². The molecule has 0 atom stereocenters. The Bertz CT molecular complexity index is 1430. The van der Waals surface area contributed by atoms with E-state index in [0.717, 1.165) is 40.9 Å². The number of H-pyrrole nitrogens is 1. The van der Waals surface area contributed by atoms with Crippen LogP contribution in [0, 0.1) is 13.8 Å². The first-order valence-electron chi connectivity index (χ1n) is 10.7. The molecule has 4 aromatic rings. The van der Waals surface area contributed by atoms with Crippen molar-refractivity contribution in [2.75, 3.05) is 20.1 Å². The second-order valence-electron chi connectivity index (χ2n) is 8.72. The van der Waals surface area contributed by atoms with Crippen LogP contribution in [-0.4, -0.2) is 39.2 Å². The number of hydrogen-bond acceptors (Lipinski definition) is 4. The third kappa shape index (κ3) is 3.26. The molecule has 7 nitrogen and oxygen atoms in total. The summed E-state index contributed by atoms with van der Waals surface area (Å²) in [6, 6.07) is 9.63. The normalized spacial score (nSPS) is 14.6. The summed E-state index contributed by atoms with van der Waals surface area (Å²) in [5.41, 5.74) is 3.80. The highest BCUT2D eigenvalue weighted by Crippen LogP contribution is 2.38. The lowest BCUT2D eigenvalue weighted by Gasteiger charge is -2.37. The molecular weight excluding hydrogens is 404 g/mol. The van der Waals surface area contributed by atoms with Crippen molar-refractivity contribution in [3.05, 3.63) is 80.8 Å². The molecule has 1 N–H and O–H groups in total. The fourth-order valence-electron chi connectivity index (χ4n) is 4.50. The second kappa shape index (κ2) is 7.53. The van der Waals surface area contributed by atoms with E-state index in [2.05, 4.69) is 9.88 Å². The van der Waals surface area contributed by atoms with E-state index >= 15 is 0 Å². The molecular formula is C25H26N4O3. The average molecular weight is 431 g/mol. The molecule has 5 rings (SSSR count). The molecule has 164 valence electrons. The van der Waals surface area contributed by atoms with Crippen LogP contribution in [0.2, 0.25) is 0 Å². The van der Waals surface area contributed by atoms with Gasteiger partial charge in [-0.05, 0) is 38.1 Å². The summed E-state index contributed by atoms with van der Waals surface area (Å²) >= 11 is 0. The van der Waals surface area contributed by atoms with Crippen LogP contribution >= 0.6 is 0 Å². The molecule has 0 saturated carbocycles. The largest absolute Gasteiger partial charge is 0.455 e. The number of likely N-dealkylation sites (N-methyl/N-ethyl adjacent to an activating group) is 1. The van der Waals surface area contributed by atoms with Crippen molar-refractivity contribution in [2.45, 2.75) is 19.9 Å². The fourth-order valence-corrected chi connectivity index (χ4v) is 4.50. The summed E-state index contributed by atoms with van der Waals surface area (Å²) in [6.45, 7) is 5.67. The Morgan fingerprint density at radius 2 is 1.72 bits per heavy atom. The summed E-state index contributed by atoms with van der Waals surface area (Å²) < 4.78 is 9.79. The highest BCUT2D eigenvalue weighted by molar-refractivity contribution is 5.95. The number of hydrogen-bond donors (Lipinski definition) is 1.